The second kappa shape index (κ2) is 7.60. The lowest BCUT2D eigenvalue weighted by atomic mass is 10.1. The molecule has 0 aromatic heterocycles. The van der Waals surface area contributed by atoms with Crippen molar-refractivity contribution in [2.45, 2.75) is 26.8 Å². The molecule has 110 valence electrons. The Hall–Kier alpha value is -2.13. The third-order valence-electron chi connectivity index (χ3n) is 3.21. The van der Waals surface area contributed by atoms with Gasteiger partial charge in [-0.3, -0.25) is 4.79 Å². The predicted molar refractivity (Wildman–Crippen MR) is 87.3 cm³/mol. The molecule has 0 aliphatic carbocycles. The molecule has 0 aliphatic rings. The molecular weight excluding hydrogens is 260 g/mol. The summed E-state index contributed by atoms with van der Waals surface area (Å²) in [5.41, 5.74) is 4.42. The third kappa shape index (κ3) is 5.40. The number of aryl methyl sites for hydroxylation is 2. The SMILES string of the molecule is Cc1cc(C)cc(NC(=O)CCNCc2ccccc2)c1. The smallest absolute Gasteiger partial charge is 0.225 e. The van der Waals surface area contributed by atoms with Crippen molar-refractivity contribution in [1.29, 1.82) is 0 Å². The summed E-state index contributed by atoms with van der Waals surface area (Å²) in [5, 5.41) is 6.22. The van der Waals surface area contributed by atoms with Crippen molar-refractivity contribution in [3.8, 4) is 0 Å². The number of carbonyl (C=O) groups excluding carboxylic acids is 1. The second-order valence-corrected chi connectivity index (χ2v) is 5.34. The largest absolute Gasteiger partial charge is 0.326 e. The minimum atomic E-state index is 0.0422. The monoisotopic (exact) mass is 282 g/mol. The number of benzene rings is 2. The van der Waals surface area contributed by atoms with Crippen LogP contribution in [0, 0.1) is 13.8 Å². The van der Waals surface area contributed by atoms with Crippen molar-refractivity contribution in [2.24, 2.45) is 0 Å². The molecule has 0 fully saturated rings. The van der Waals surface area contributed by atoms with Gasteiger partial charge in [0.25, 0.3) is 0 Å². The maximum absolute atomic E-state index is 11.9. The first-order valence-electron chi connectivity index (χ1n) is 7.26. The van der Waals surface area contributed by atoms with Crippen LogP contribution < -0.4 is 10.6 Å². The molecule has 0 atom stereocenters. The van der Waals surface area contributed by atoms with Gasteiger partial charge >= 0.3 is 0 Å². The van der Waals surface area contributed by atoms with Crippen LogP contribution in [0.3, 0.4) is 0 Å². The van der Waals surface area contributed by atoms with Gasteiger partial charge in [0, 0.05) is 25.2 Å². The zero-order valence-electron chi connectivity index (χ0n) is 12.6. The Kier molecular flexibility index (Phi) is 5.52. The fourth-order valence-electron chi connectivity index (χ4n) is 2.30. The van der Waals surface area contributed by atoms with Crippen LogP contribution in [0.15, 0.2) is 48.5 Å². The van der Waals surface area contributed by atoms with Crippen molar-refractivity contribution in [2.75, 3.05) is 11.9 Å². The minimum absolute atomic E-state index is 0.0422. The van der Waals surface area contributed by atoms with Gasteiger partial charge in [-0.2, -0.15) is 0 Å². The molecule has 2 N–H and O–H groups in total. The first-order valence-corrected chi connectivity index (χ1v) is 7.26. The van der Waals surface area contributed by atoms with Crippen LogP contribution >= 0.6 is 0 Å². The van der Waals surface area contributed by atoms with Gasteiger partial charge in [-0.1, -0.05) is 36.4 Å². The lowest BCUT2D eigenvalue weighted by Gasteiger charge is -2.08. The minimum Gasteiger partial charge on any atom is -0.326 e. The quantitative estimate of drug-likeness (QED) is 0.797. The van der Waals surface area contributed by atoms with E-state index in [1.165, 1.54) is 5.56 Å². The van der Waals surface area contributed by atoms with Crippen LogP contribution in [0.1, 0.15) is 23.1 Å². The lowest BCUT2D eigenvalue weighted by molar-refractivity contribution is -0.116. The van der Waals surface area contributed by atoms with E-state index < -0.39 is 0 Å². The predicted octanol–water partition coefficient (Wildman–Crippen LogP) is 3.42. The number of rotatable bonds is 6. The Morgan fingerprint density at radius 1 is 1.00 bits per heavy atom. The van der Waals surface area contributed by atoms with Gasteiger partial charge in [-0.25, -0.2) is 0 Å². The fourth-order valence-corrected chi connectivity index (χ4v) is 2.30. The molecule has 2 aromatic rings. The maximum Gasteiger partial charge on any atom is 0.225 e. The van der Waals surface area contributed by atoms with Crippen molar-refractivity contribution < 1.29 is 4.79 Å². The Bertz CT molecular complexity index is 573. The summed E-state index contributed by atoms with van der Waals surface area (Å²) in [7, 11) is 0. The molecule has 0 saturated carbocycles. The van der Waals surface area contributed by atoms with Gasteiger partial charge in [0.05, 0.1) is 0 Å². The number of carbonyl (C=O) groups is 1. The molecular formula is C18H22N2O. The Morgan fingerprint density at radius 3 is 2.33 bits per heavy atom. The summed E-state index contributed by atoms with van der Waals surface area (Å²) in [6.45, 7) is 5.53. The number of anilines is 1. The second-order valence-electron chi connectivity index (χ2n) is 5.34. The van der Waals surface area contributed by atoms with Gasteiger partial charge < -0.3 is 10.6 Å². The average molecular weight is 282 g/mol. The van der Waals surface area contributed by atoms with E-state index >= 15 is 0 Å². The first kappa shape index (κ1) is 15.3. The molecule has 0 radical (unpaired) electrons. The van der Waals surface area contributed by atoms with E-state index in [1.54, 1.807) is 0 Å². The van der Waals surface area contributed by atoms with Gasteiger partial charge in [0.2, 0.25) is 5.91 Å². The molecule has 21 heavy (non-hydrogen) atoms. The van der Waals surface area contributed by atoms with Gasteiger partial charge in [-0.15, -0.1) is 0 Å². The average Bonchev–Trinajstić information content (AvgIpc) is 2.43. The van der Waals surface area contributed by atoms with Crippen molar-refractivity contribution >= 4 is 11.6 Å². The van der Waals surface area contributed by atoms with E-state index in [-0.39, 0.29) is 5.91 Å². The van der Waals surface area contributed by atoms with Gasteiger partial charge in [0.15, 0.2) is 0 Å². The van der Waals surface area contributed by atoms with Crippen LogP contribution in [0.4, 0.5) is 5.69 Å². The van der Waals surface area contributed by atoms with Gasteiger partial charge in [0.1, 0.15) is 0 Å². The first-order chi connectivity index (χ1) is 10.1. The molecule has 2 aromatic carbocycles. The summed E-state index contributed by atoms with van der Waals surface area (Å²) in [6, 6.07) is 16.3. The van der Waals surface area contributed by atoms with E-state index in [4.69, 9.17) is 0 Å². The molecule has 1 amide bonds. The molecule has 0 heterocycles. The molecule has 0 aliphatic heterocycles. The molecule has 0 saturated heterocycles. The van der Waals surface area contributed by atoms with E-state index in [1.807, 2.05) is 44.2 Å². The summed E-state index contributed by atoms with van der Waals surface area (Å²) in [5.74, 6) is 0.0422. The zero-order chi connectivity index (χ0) is 15.1. The highest BCUT2D eigenvalue weighted by Crippen LogP contribution is 2.13. The standard InChI is InChI=1S/C18H22N2O/c1-14-10-15(2)12-17(11-14)20-18(21)8-9-19-13-16-6-4-3-5-7-16/h3-7,10-12,19H,8-9,13H2,1-2H3,(H,20,21). The number of hydrogen-bond acceptors (Lipinski definition) is 2. The summed E-state index contributed by atoms with van der Waals surface area (Å²) < 4.78 is 0. The Morgan fingerprint density at radius 2 is 1.67 bits per heavy atom. The zero-order valence-corrected chi connectivity index (χ0v) is 12.6. The Balaban J connectivity index is 1.72. The fraction of sp³-hybridized carbons (Fsp3) is 0.278. The van der Waals surface area contributed by atoms with E-state index in [0.29, 0.717) is 13.0 Å². The van der Waals surface area contributed by atoms with Crippen molar-refractivity contribution in [1.82, 2.24) is 5.32 Å². The molecule has 0 unspecified atom stereocenters. The van der Waals surface area contributed by atoms with E-state index in [2.05, 4.69) is 28.8 Å². The lowest BCUT2D eigenvalue weighted by Crippen LogP contribution is -2.21. The molecule has 3 nitrogen and oxygen atoms in total. The van der Waals surface area contributed by atoms with Crippen LogP contribution in [0.25, 0.3) is 0 Å². The normalized spacial score (nSPS) is 10.4. The maximum atomic E-state index is 11.9. The number of amides is 1. The van der Waals surface area contributed by atoms with Crippen LogP contribution in [-0.2, 0) is 11.3 Å². The van der Waals surface area contributed by atoms with E-state index in [9.17, 15) is 4.79 Å². The molecule has 0 bridgehead atoms. The van der Waals surface area contributed by atoms with Crippen LogP contribution in [-0.4, -0.2) is 12.5 Å². The summed E-state index contributed by atoms with van der Waals surface area (Å²) in [4.78, 5) is 11.9. The molecule has 0 spiro atoms. The Labute approximate surface area is 126 Å². The highest BCUT2D eigenvalue weighted by Gasteiger charge is 2.03. The summed E-state index contributed by atoms with van der Waals surface area (Å²) >= 11 is 0. The summed E-state index contributed by atoms with van der Waals surface area (Å²) in [6.07, 6.45) is 0.472. The third-order valence-corrected chi connectivity index (χ3v) is 3.21. The van der Waals surface area contributed by atoms with Crippen molar-refractivity contribution in [3.63, 3.8) is 0 Å². The highest BCUT2D eigenvalue weighted by molar-refractivity contribution is 5.91. The van der Waals surface area contributed by atoms with Gasteiger partial charge in [-0.05, 0) is 42.7 Å². The topological polar surface area (TPSA) is 41.1 Å². The number of hydrogen-bond donors (Lipinski definition) is 2. The molecule has 2 rings (SSSR count). The number of nitrogens with one attached hydrogen (secondary N) is 2. The highest BCUT2D eigenvalue weighted by atomic mass is 16.1. The van der Waals surface area contributed by atoms with Crippen LogP contribution in [0.5, 0.6) is 0 Å². The van der Waals surface area contributed by atoms with Crippen molar-refractivity contribution in [3.05, 3.63) is 65.2 Å². The molecule has 3 heteroatoms. The van der Waals surface area contributed by atoms with E-state index in [0.717, 1.165) is 23.4 Å². The van der Waals surface area contributed by atoms with Crippen LogP contribution in [0.2, 0.25) is 0 Å².